The van der Waals surface area contributed by atoms with E-state index in [1.54, 1.807) is 5.48 Å². The van der Waals surface area contributed by atoms with Crippen LogP contribution < -0.4 is 10.8 Å². The molecule has 0 saturated heterocycles. The highest BCUT2D eigenvalue weighted by Crippen LogP contribution is 2.20. The standard InChI is InChI=1S/C18H24N4O2/c1-4-5-6-7-8-9-15-18(19-12-17(23)21-24)20-16-11-13(2)10-14(3)22(15)16/h10-11,19,24H,4-7,12H2,1-3H3,(H,21,23). The minimum absolute atomic E-state index is 0.0665. The summed E-state index contributed by atoms with van der Waals surface area (Å²) in [7, 11) is 0. The van der Waals surface area contributed by atoms with Crippen LogP contribution in [-0.4, -0.2) is 27.0 Å². The zero-order valence-corrected chi connectivity index (χ0v) is 14.4. The van der Waals surface area contributed by atoms with Gasteiger partial charge in [0, 0.05) is 12.1 Å². The molecule has 0 aromatic carbocycles. The summed E-state index contributed by atoms with van der Waals surface area (Å²) < 4.78 is 1.99. The molecule has 6 nitrogen and oxygen atoms in total. The van der Waals surface area contributed by atoms with E-state index in [0.717, 1.165) is 35.4 Å². The lowest BCUT2D eigenvalue weighted by Gasteiger charge is -2.04. The molecule has 0 aliphatic rings. The van der Waals surface area contributed by atoms with Crippen molar-refractivity contribution in [2.45, 2.75) is 46.5 Å². The van der Waals surface area contributed by atoms with Crippen molar-refractivity contribution in [3.05, 3.63) is 29.1 Å². The molecule has 2 heterocycles. The van der Waals surface area contributed by atoms with Crippen LogP contribution in [0, 0.1) is 25.7 Å². The molecule has 24 heavy (non-hydrogen) atoms. The highest BCUT2D eigenvalue weighted by Gasteiger charge is 2.13. The van der Waals surface area contributed by atoms with Gasteiger partial charge in [-0.05, 0) is 43.9 Å². The second-order valence-electron chi connectivity index (χ2n) is 5.82. The number of anilines is 1. The second-order valence-corrected chi connectivity index (χ2v) is 5.82. The van der Waals surface area contributed by atoms with Gasteiger partial charge in [0.1, 0.15) is 11.3 Å². The maximum atomic E-state index is 11.3. The van der Waals surface area contributed by atoms with Crippen LogP contribution in [0.4, 0.5) is 5.82 Å². The number of hydroxylamine groups is 1. The first-order chi connectivity index (χ1) is 11.6. The summed E-state index contributed by atoms with van der Waals surface area (Å²) in [6.45, 7) is 6.12. The fourth-order valence-corrected chi connectivity index (χ4v) is 2.58. The summed E-state index contributed by atoms with van der Waals surface area (Å²) in [6, 6.07) is 4.05. The van der Waals surface area contributed by atoms with Crippen molar-refractivity contribution in [1.82, 2.24) is 14.9 Å². The van der Waals surface area contributed by atoms with Gasteiger partial charge in [-0.2, -0.15) is 0 Å². The number of rotatable bonds is 6. The number of carbonyl (C=O) groups excluding carboxylic acids is 1. The van der Waals surface area contributed by atoms with Gasteiger partial charge in [0.15, 0.2) is 5.82 Å². The van der Waals surface area contributed by atoms with Crippen LogP contribution in [0.1, 0.15) is 49.6 Å². The number of nitrogens with zero attached hydrogens (tertiary/aromatic N) is 2. The molecule has 2 aromatic rings. The minimum atomic E-state index is -0.526. The van der Waals surface area contributed by atoms with Gasteiger partial charge in [-0.15, -0.1) is 0 Å². The molecule has 2 rings (SSSR count). The number of pyridine rings is 1. The van der Waals surface area contributed by atoms with E-state index in [9.17, 15) is 4.79 Å². The Kier molecular flexibility index (Phi) is 6.21. The molecule has 0 unspecified atom stereocenters. The van der Waals surface area contributed by atoms with Crippen LogP contribution in [0.2, 0.25) is 0 Å². The SMILES string of the molecule is CCCCCC#Cc1c(NCC(=O)NO)nc2cc(C)cc(C)n12. The van der Waals surface area contributed by atoms with Crippen LogP contribution in [-0.2, 0) is 4.79 Å². The summed E-state index contributed by atoms with van der Waals surface area (Å²) in [5, 5.41) is 11.6. The predicted molar refractivity (Wildman–Crippen MR) is 94.1 cm³/mol. The van der Waals surface area contributed by atoms with Gasteiger partial charge >= 0.3 is 0 Å². The van der Waals surface area contributed by atoms with Crippen molar-refractivity contribution in [3.63, 3.8) is 0 Å². The number of hydrogen-bond donors (Lipinski definition) is 3. The molecule has 3 N–H and O–H groups in total. The normalized spacial score (nSPS) is 10.3. The number of aromatic nitrogens is 2. The van der Waals surface area contributed by atoms with Crippen LogP contribution >= 0.6 is 0 Å². The van der Waals surface area contributed by atoms with Crippen LogP contribution in [0.25, 0.3) is 5.65 Å². The van der Waals surface area contributed by atoms with Gasteiger partial charge in [-0.25, -0.2) is 10.5 Å². The minimum Gasteiger partial charge on any atom is -0.359 e. The Balaban J connectivity index is 2.37. The van der Waals surface area contributed by atoms with E-state index in [4.69, 9.17) is 5.21 Å². The fourth-order valence-electron chi connectivity index (χ4n) is 2.58. The van der Waals surface area contributed by atoms with Crippen molar-refractivity contribution in [2.75, 3.05) is 11.9 Å². The number of nitrogens with one attached hydrogen (secondary N) is 2. The van der Waals surface area contributed by atoms with E-state index in [-0.39, 0.29) is 6.54 Å². The van der Waals surface area contributed by atoms with Crippen molar-refractivity contribution in [3.8, 4) is 11.8 Å². The highest BCUT2D eigenvalue weighted by molar-refractivity contribution is 5.80. The van der Waals surface area contributed by atoms with Gasteiger partial charge in [0.25, 0.3) is 5.91 Å². The molecule has 0 atom stereocenters. The van der Waals surface area contributed by atoms with E-state index in [1.807, 2.05) is 24.3 Å². The first-order valence-electron chi connectivity index (χ1n) is 8.22. The summed E-state index contributed by atoms with van der Waals surface area (Å²) in [5.74, 6) is 6.41. The molecular formula is C18H24N4O2. The number of aryl methyl sites for hydroxylation is 2. The average Bonchev–Trinajstić information content (AvgIpc) is 2.90. The third-order valence-corrected chi connectivity index (χ3v) is 3.70. The van der Waals surface area contributed by atoms with E-state index in [2.05, 4.69) is 35.1 Å². The van der Waals surface area contributed by atoms with Gasteiger partial charge in [0.05, 0.1) is 6.54 Å². The quantitative estimate of drug-likeness (QED) is 0.330. The molecule has 0 radical (unpaired) electrons. The molecule has 0 aliphatic heterocycles. The van der Waals surface area contributed by atoms with Crippen molar-refractivity contribution < 1.29 is 10.0 Å². The average molecular weight is 328 g/mol. The maximum absolute atomic E-state index is 11.3. The second kappa shape index (κ2) is 8.37. The van der Waals surface area contributed by atoms with Gasteiger partial charge in [-0.1, -0.05) is 25.7 Å². The third kappa shape index (κ3) is 4.27. The lowest BCUT2D eigenvalue weighted by atomic mass is 10.2. The molecule has 1 amide bonds. The number of carbonyl (C=O) groups is 1. The summed E-state index contributed by atoms with van der Waals surface area (Å²) in [6.07, 6.45) is 4.25. The van der Waals surface area contributed by atoms with E-state index >= 15 is 0 Å². The highest BCUT2D eigenvalue weighted by atomic mass is 16.5. The number of fused-ring (bicyclic) bond motifs is 1. The molecule has 0 spiro atoms. The van der Waals surface area contributed by atoms with Crippen LogP contribution in [0.5, 0.6) is 0 Å². The topological polar surface area (TPSA) is 78.7 Å². The molecule has 0 bridgehead atoms. The maximum Gasteiger partial charge on any atom is 0.262 e. The Labute approximate surface area is 142 Å². The van der Waals surface area contributed by atoms with Crippen molar-refractivity contribution >= 4 is 17.4 Å². The van der Waals surface area contributed by atoms with Gasteiger partial charge in [-0.3, -0.25) is 14.4 Å². The summed E-state index contributed by atoms with van der Waals surface area (Å²) in [4.78, 5) is 15.8. The van der Waals surface area contributed by atoms with Gasteiger partial charge in [0.2, 0.25) is 0 Å². The molecule has 0 saturated carbocycles. The summed E-state index contributed by atoms with van der Waals surface area (Å²) >= 11 is 0. The lowest BCUT2D eigenvalue weighted by molar-refractivity contribution is -0.127. The Hall–Kier alpha value is -2.52. The molecule has 128 valence electrons. The monoisotopic (exact) mass is 328 g/mol. The molecule has 6 heteroatoms. The summed E-state index contributed by atoms with van der Waals surface area (Å²) in [5.41, 5.74) is 5.29. The third-order valence-electron chi connectivity index (χ3n) is 3.70. The number of unbranched alkanes of at least 4 members (excludes halogenated alkanes) is 3. The number of imidazole rings is 1. The first-order valence-corrected chi connectivity index (χ1v) is 8.22. The molecule has 0 aliphatic carbocycles. The largest absolute Gasteiger partial charge is 0.359 e. The number of hydrogen-bond acceptors (Lipinski definition) is 4. The Morgan fingerprint density at radius 3 is 2.83 bits per heavy atom. The van der Waals surface area contributed by atoms with Crippen LogP contribution in [0.3, 0.4) is 0 Å². The Morgan fingerprint density at radius 1 is 1.33 bits per heavy atom. The van der Waals surface area contributed by atoms with Crippen LogP contribution in [0.15, 0.2) is 12.1 Å². The Morgan fingerprint density at radius 2 is 2.12 bits per heavy atom. The van der Waals surface area contributed by atoms with E-state index in [0.29, 0.717) is 5.82 Å². The van der Waals surface area contributed by atoms with Crippen molar-refractivity contribution in [1.29, 1.82) is 0 Å². The number of amides is 1. The lowest BCUT2D eigenvalue weighted by Crippen LogP contribution is -2.27. The Bertz CT molecular complexity index is 784. The van der Waals surface area contributed by atoms with E-state index < -0.39 is 5.91 Å². The zero-order chi connectivity index (χ0) is 17.5. The van der Waals surface area contributed by atoms with Crippen molar-refractivity contribution in [2.24, 2.45) is 0 Å². The van der Waals surface area contributed by atoms with E-state index in [1.165, 1.54) is 12.8 Å². The molecule has 2 aromatic heterocycles. The smallest absolute Gasteiger partial charge is 0.262 e. The fraction of sp³-hybridized carbons (Fsp3) is 0.444. The van der Waals surface area contributed by atoms with Gasteiger partial charge < -0.3 is 5.32 Å². The molecular weight excluding hydrogens is 304 g/mol. The first kappa shape index (κ1) is 17.8. The zero-order valence-electron chi connectivity index (χ0n) is 14.4. The molecule has 0 fully saturated rings. The predicted octanol–water partition coefficient (Wildman–Crippen LogP) is 2.80.